The largest absolute Gasteiger partial charge is 0.506 e. The molecule has 0 aromatic heterocycles. The van der Waals surface area contributed by atoms with Gasteiger partial charge in [-0.25, -0.2) is 4.39 Å². The predicted octanol–water partition coefficient (Wildman–Crippen LogP) is 3.99. The van der Waals surface area contributed by atoms with Gasteiger partial charge in [-0.3, -0.25) is 4.79 Å². The quantitative estimate of drug-likeness (QED) is 0.900. The van der Waals surface area contributed by atoms with Crippen molar-refractivity contribution >= 4 is 17.5 Å². The van der Waals surface area contributed by atoms with E-state index in [1.54, 1.807) is 24.3 Å². The van der Waals surface area contributed by atoms with Crippen molar-refractivity contribution in [2.45, 2.75) is 19.9 Å². The van der Waals surface area contributed by atoms with Gasteiger partial charge in [0.1, 0.15) is 11.6 Å². The first kappa shape index (κ1) is 15.3. The van der Waals surface area contributed by atoms with Crippen LogP contribution in [-0.4, -0.2) is 17.1 Å². The minimum Gasteiger partial charge on any atom is -0.506 e. The molecule has 0 saturated carbocycles. The highest BCUT2D eigenvalue weighted by Gasteiger charge is 2.17. The minimum atomic E-state index is -0.637. The molecule has 2 aromatic rings. The fraction of sp³-hybridized carbons (Fsp3) is 0.188. The molecule has 2 aromatic carbocycles. The standard InChI is InChI=1S/C16H15ClFNO2/c1-9(2)19-16(21)11-6-4-3-5-10(11)12-7-13(17)15(20)8-14(12)18/h3-9,20H,1-2H3,(H,19,21). The number of nitrogens with one attached hydrogen (secondary N) is 1. The van der Waals surface area contributed by atoms with Crippen LogP contribution in [-0.2, 0) is 0 Å². The van der Waals surface area contributed by atoms with Gasteiger partial charge in [0.2, 0.25) is 0 Å². The minimum absolute atomic E-state index is 0.0289. The molecular weight excluding hydrogens is 293 g/mol. The molecule has 0 spiro atoms. The molecule has 0 heterocycles. The highest BCUT2D eigenvalue weighted by atomic mass is 35.5. The summed E-state index contributed by atoms with van der Waals surface area (Å²) >= 11 is 5.83. The first-order valence-corrected chi connectivity index (χ1v) is 6.86. The van der Waals surface area contributed by atoms with E-state index in [2.05, 4.69) is 5.32 Å². The second kappa shape index (κ2) is 6.14. The molecule has 0 aliphatic heterocycles. The van der Waals surface area contributed by atoms with Gasteiger partial charge in [-0.2, -0.15) is 0 Å². The van der Waals surface area contributed by atoms with Crippen molar-refractivity contribution in [2.75, 3.05) is 0 Å². The highest BCUT2D eigenvalue weighted by molar-refractivity contribution is 6.32. The monoisotopic (exact) mass is 307 g/mol. The summed E-state index contributed by atoms with van der Waals surface area (Å²) in [6.45, 7) is 3.69. The lowest BCUT2D eigenvalue weighted by Crippen LogP contribution is -2.30. The van der Waals surface area contributed by atoms with Crippen molar-refractivity contribution in [3.05, 3.63) is 52.8 Å². The summed E-state index contributed by atoms with van der Waals surface area (Å²) in [5.74, 6) is -1.26. The Hall–Kier alpha value is -2.07. The first-order valence-electron chi connectivity index (χ1n) is 6.48. The number of aromatic hydroxyl groups is 1. The number of halogens is 2. The predicted molar refractivity (Wildman–Crippen MR) is 81.1 cm³/mol. The van der Waals surface area contributed by atoms with Crippen molar-refractivity contribution in [2.24, 2.45) is 0 Å². The molecule has 5 heteroatoms. The normalized spacial score (nSPS) is 10.7. The topological polar surface area (TPSA) is 49.3 Å². The lowest BCUT2D eigenvalue weighted by Gasteiger charge is -2.13. The zero-order valence-electron chi connectivity index (χ0n) is 11.7. The SMILES string of the molecule is CC(C)NC(=O)c1ccccc1-c1cc(Cl)c(O)cc1F. The summed E-state index contributed by atoms with van der Waals surface area (Å²) in [5, 5.41) is 12.2. The fourth-order valence-electron chi connectivity index (χ4n) is 2.00. The van der Waals surface area contributed by atoms with E-state index in [0.717, 1.165) is 6.07 Å². The third-order valence-corrected chi connectivity index (χ3v) is 3.22. The van der Waals surface area contributed by atoms with E-state index in [-0.39, 0.29) is 28.3 Å². The van der Waals surface area contributed by atoms with E-state index in [1.165, 1.54) is 6.07 Å². The van der Waals surface area contributed by atoms with Crippen molar-refractivity contribution in [1.29, 1.82) is 0 Å². The van der Waals surface area contributed by atoms with Crippen molar-refractivity contribution in [3.8, 4) is 16.9 Å². The molecule has 0 aliphatic carbocycles. The van der Waals surface area contributed by atoms with E-state index in [9.17, 15) is 14.3 Å². The van der Waals surface area contributed by atoms with E-state index in [0.29, 0.717) is 11.1 Å². The summed E-state index contributed by atoms with van der Waals surface area (Å²) in [5.41, 5.74) is 0.953. The maximum Gasteiger partial charge on any atom is 0.252 e. The van der Waals surface area contributed by atoms with Crippen molar-refractivity contribution in [1.82, 2.24) is 5.32 Å². The number of hydrogen-bond acceptors (Lipinski definition) is 2. The van der Waals surface area contributed by atoms with Crippen LogP contribution in [0, 0.1) is 5.82 Å². The van der Waals surface area contributed by atoms with Crippen LogP contribution in [0.4, 0.5) is 4.39 Å². The Morgan fingerprint density at radius 2 is 1.90 bits per heavy atom. The summed E-state index contributed by atoms with van der Waals surface area (Å²) < 4.78 is 14.1. The van der Waals surface area contributed by atoms with Crippen LogP contribution in [0.15, 0.2) is 36.4 Å². The van der Waals surface area contributed by atoms with Crippen LogP contribution < -0.4 is 5.32 Å². The van der Waals surface area contributed by atoms with Crippen LogP contribution in [0.2, 0.25) is 5.02 Å². The Labute approximate surface area is 127 Å². The molecule has 2 N–H and O–H groups in total. The second-order valence-corrected chi connectivity index (χ2v) is 5.36. The van der Waals surface area contributed by atoms with Gasteiger partial charge in [0.15, 0.2) is 0 Å². The Kier molecular flexibility index (Phi) is 4.48. The van der Waals surface area contributed by atoms with Gasteiger partial charge in [-0.05, 0) is 31.5 Å². The summed E-state index contributed by atoms with van der Waals surface area (Å²) in [4.78, 5) is 12.2. The molecule has 0 atom stereocenters. The van der Waals surface area contributed by atoms with Gasteiger partial charge in [0.05, 0.1) is 5.02 Å². The Balaban J connectivity index is 2.55. The van der Waals surface area contributed by atoms with Crippen molar-refractivity contribution < 1.29 is 14.3 Å². The number of amides is 1. The molecule has 2 rings (SSSR count). The molecule has 110 valence electrons. The van der Waals surface area contributed by atoms with Gasteiger partial charge < -0.3 is 10.4 Å². The first-order chi connectivity index (χ1) is 9.90. The molecule has 0 aliphatic rings. The van der Waals surface area contributed by atoms with E-state index in [4.69, 9.17) is 11.6 Å². The Morgan fingerprint density at radius 1 is 1.24 bits per heavy atom. The number of rotatable bonds is 3. The number of phenolic OH excluding ortho intramolecular Hbond substituents is 1. The van der Waals surface area contributed by atoms with Gasteiger partial charge in [0, 0.05) is 23.2 Å². The molecule has 0 saturated heterocycles. The molecule has 3 nitrogen and oxygen atoms in total. The van der Waals surface area contributed by atoms with Crippen LogP contribution in [0.3, 0.4) is 0 Å². The van der Waals surface area contributed by atoms with Gasteiger partial charge in [-0.1, -0.05) is 29.8 Å². The lowest BCUT2D eigenvalue weighted by atomic mass is 9.98. The average molecular weight is 308 g/mol. The summed E-state index contributed by atoms with van der Waals surface area (Å²) in [6.07, 6.45) is 0. The number of hydrogen-bond donors (Lipinski definition) is 2. The van der Waals surface area contributed by atoms with Gasteiger partial charge >= 0.3 is 0 Å². The molecule has 0 unspecified atom stereocenters. The molecular formula is C16H15ClFNO2. The summed E-state index contributed by atoms with van der Waals surface area (Å²) in [7, 11) is 0. The molecule has 1 amide bonds. The maximum atomic E-state index is 14.1. The highest BCUT2D eigenvalue weighted by Crippen LogP contribution is 2.33. The second-order valence-electron chi connectivity index (χ2n) is 4.96. The average Bonchev–Trinajstić information content (AvgIpc) is 2.42. The van der Waals surface area contributed by atoms with Gasteiger partial charge in [0.25, 0.3) is 5.91 Å². The molecule has 0 bridgehead atoms. The van der Waals surface area contributed by atoms with E-state index < -0.39 is 5.82 Å². The lowest BCUT2D eigenvalue weighted by molar-refractivity contribution is 0.0944. The van der Waals surface area contributed by atoms with E-state index >= 15 is 0 Å². The zero-order valence-corrected chi connectivity index (χ0v) is 12.4. The smallest absolute Gasteiger partial charge is 0.252 e. The Bertz CT molecular complexity index is 686. The molecule has 0 fully saturated rings. The fourth-order valence-corrected chi connectivity index (χ4v) is 2.16. The van der Waals surface area contributed by atoms with Crippen molar-refractivity contribution in [3.63, 3.8) is 0 Å². The van der Waals surface area contributed by atoms with Crippen LogP contribution in [0.1, 0.15) is 24.2 Å². The van der Waals surface area contributed by atoms with Crippen LogP contribution >= 0.6 is 11.6 Å². The number of carbonyl (C=O) groups is 1. The van der Waals surface area contributed by atoms with Crippen LogP contribution in [0.25, 0.3) is 11.1 Å². The molecule has 21 heavy (non-hydrogen) atoms. The third kappa shape index (κ3) is 3.34. The molecule has 0 radical (unpaired) electrons. The van der Waals surface area contributed by atoms with Crippen LogP contribution in [0.5, 0.6) is 5.75 Å². The third-order valence-electron chi connectivity index (χ3n) is 2.92. The maximum absolute atomic E-state index is 14.1. The zero-order chi connectivity index (χ0) is 15.6. The summed E-state index contributed by atoms with van der Waals surface area (Å²) in [6, 6.07) is 8.90. The Morgan fingerprint density at radius 3 is 2.57 bits per heavy atom. The van der Waals surface area contributed by atoms with E-state index in [1.807, 2.05) is 13.8 Å². The number of benzene rings is 2. The number of phenols is 1. The number of carbonyl (C=O) groups excluding carboxylic acids is 1. The van der Waals surface area contributed by atoms with Gasteiger partial charge in [-0.15, -0.1) is 0 Å².